The van der Waals surface area contributed by atoms with Gasteiger partial charge >= 0.3 is 6.18 Å². The fourth-order valence-corrected chi connectivity index (χ4v) is 1.33. The Labute approximate surface area is 95.4 Å². The Hall–Kier alpha value is -0.810. The van der Waals surface area contributed by atoms with Gasteiger partial charge in [-0.1, -0.05) is 23.7 Å². The number of hydrogen-bond donors (Lipinski definition) is 1. The van der Waals surface area contributed by atoms with Gasteiger partial charge in [0.05, 0.1) is 11.4 Å². The van der Waals surface area contributed by atoms with Crippen molar-refractivity contribution in [3.63, 3.8) is 0 Å². The van der Waals surface area contributed by atoms with Gasteiger partial charge in [0.25, 0.3) is 0 Å². The smallest absolute Gasteiger partial charge is 0.312 e. The normalized spacial score (nSPS) is 11.8. The third-order valence-corrected chi connectivity index (χ3v) is 2.22. The molecule has 0 spiro atoms. The Kier molecular flexibility index (Phi) is 4.56. The van der Waals surface area contributed by atoms with Crippen LogP contribution in [0.5, 0.6) is 0 Å². The lowest BCUT2D eigenvalue weighted by Gasteiger charge is -2.08. The first-order valence-corrected chi connectivity index (χ1v) is 4.98. The van der Waals surface area contributed by atoms with E-state index < -0.39 is 18.4 Å². The molecule has 0 bridgehead atoms. The second-order valence-electron chi connectivity index (χ2n) is 3.25. The summed E-state index contributed by atoms with van der Waals surface area (Å²) in [6, 6.07) is 4.41. The van der Waals surface area contributed by atoms with Crippen LogP contribution >= 0.6 is 11.6 Å². The van der Waals surface area contributed by atoms with Crippen LogP contribution in [0.2, 0.25) is 5.02 Å². The zero-order chi connectivity index (χ0) is 12.2. The van der Waals surface area contributed by atoms with Crippen molar-refractivity contribution in [1.29, 1.82) is 0 Å². The van der Waals surface area contributed by atoms with Crippen LogP contribution in [-0.4, -0.2) is 12.7 Å². The zero-order valence-electron chi connectivity index (χ0n) is 8.24. The molecule has 1 aromatic rings. The van der Waals surface area contributed by atoms with Crippen molar-refractivity contribution in [2.45, 2.75) is 19.1 Å². The molecular formula is C10H10ClF4N. The lowest BCUT2D eigenvalue weighted by atomic mass is 10.2. The predicted octanol–water partition coefficient (Wildman–Crippen LogP) is 3.52. The van der Waals surface area contributed by atoms with E-state index in [0.717, 1.165) is 0 Å². The van der Waals surface area contributed by atoms with Crippen molar-refractivity contribution in [3.8, 4) is 0 Å². The molecule has 1 aromatic carbocycles. The molecule has 0 aliphatic heterocycles. The minimum atomic E-state index is -4.19. The second kappa shape index (κ2) is 5.50. The van der Waals surface area contributed by atoms with Gasteiger partial charge in [-0.15, -0.1) is 0 Å². The number of hydrogen-bond acceptors (Lipinski definition) is 1. The molecule has 6 heteroatoms. The van der Waals surface area contributed by atoms with Gasteiger partial charge in [0.15, 0.2) is 0 Å². The number of rotatable bonds is 4. The van der Waals surface area contributed by atoms with Gasteiger partial charge in [0.1, 0.15) is 5.82 Å². The van der Waals surface area contributed by atoms with Crippen molar-refractivity contribution in [2.75, 3.05) is 6.54 Å². The summed E-state index contributed by atoms with van der Waals surface area (Å²) in [5, 5.41) is 2.48. The van der Waals surface area contributed by atoms with E-state index >= 15 is 0 Å². The maximum Gasteiger partial charge on any atom is 0.390 e. The molecule has 1 rings (SSSR count). The van der Waals surface area contributed by atoms with Crippen molar-refractivity contribution >= 4 is 11.6 Å². The van der Waals surface area contributed by atoms with Gasteiger partial charge < -0.3 is 5.32 Å². The van der Waals surface area contributed by atoms with Gasteiger partial charge in [-0.05, 0) is 6.07 Å². The second-order valence-corrected chi connectivity index (χ2v) is 3.66. The van der Waals surface area contributed by atoms with Crippen molar-refractivity contribution in [2.24, 2.45) is 0 Å². The molecule has 0 saturated heterocycles. The highest BCUT2D eigenvalue weighted by atomic mass is 35.5. The fraction of sp³-hybridized carbons (Fsp3) is 0.400. The van der Waals surface area contributed by atoms with Crippen LogP contribution in [0.25, 0.3) is 0 Å². The van der Waals surface area contributed by atoms with E-state index in [2.05, 4.69) is 5.32 Å². The molecule has 90 valence electrons. The molecule has 16 heavy (non-hydrogen) atoms. The zero-order valence-corrected chi connectivity index (χ0v) is 9.00. The topological polar surface area (TPSA) is 12.0 Å². The van der Waals surface area contributed by atoms with Gasteiger partial charge in [-0.25, -0.2) is 4.39 Å². The van der Waals surface area contributed by atoms with Gasteiger partial charge in [-0.2, -0.15) is 13.2 Å². The van der Waals surface area contributed by atoms with E-state index in [9.17, 15) is 17.6 Å². The van der Waals surface area contributed by atoms with E-state index in [1.165, 1.54) is 12.1 Å². The summed E-state index contributed by atoms with van der Waals surface area (Å²) in [4.78, 5) is 0. The highest BCUT2D eigenvalue weighted by Gasteiger charge is 2.25. The molecule has 0 aromatic heterocycles. The Morgan fingerprint density at radius 1 is 1.25 bits per heavy atom. The minimum Gasteiger partial charge on any atom is -0.312 e. The molecule has 0 saturated carbocycles. The molecule has 0 fully saturated rings. The van der Waals surface area contributed by atoms with Crippen molar-refractivity contribution in [3.05, 3.63) is 34.6 Å². The molecule has 0 aliphatic rings. The van der Waals surface area contributed by atoms with Gasteiger partial charge in [0, 0.05) is 18.7 Å². The molecule has 1 nitrogen and oxygen atoms in total. The van der Waals surface area contributed by atoms with Crippen LogP contribution in [0, 0.1) is 5.82 Å². The van der Waals surface area contributed by atoms with Gasteiger partial charge in [0.2, 0.25) is 0 Å². The fourth-order valence-electron chi connectivity index (χ4n) is 1.14. The van der Waals surface area contributed by atoms with Crippen molar-refractivity contribution < 1.29 is 17.6 Å². The van der Waals surface area contributed by atoms with Crippen LogP contribution in [0.1, 0.15) is 12.0 Å². The van der Waals surface area contributed by atoms with E-state index in [0.29, 0.717) is 0 Å². The summed E-state index contributed by atoms with van der Waals surface area (Å²) in [7, 11) is 0. The summed E-state index contributed by atoms with van der Waals surface area (Å²) in [5.74, 6) is -0.594. The summed E-state index contributed by atoms with van der Waals surface area (Å²) in [6.07, 6.45) is -5.13. The SMILES string of the molecule is Fc1c(Cl)cccc1CNCCC(F)(F)F. The average Bonchev–Trinajstić information content (AvgIpc) is 2.17. The Bertz CT molecular complexity index is 351. The maximum atomic E-state index is 13.3. The number of halogens is 5. The van der Waals surface area contributed by atoms with Crippen LogP contribution < -0.4 is 5.32 Å². The largest absolute Gasteiger partial charge is 0.390 e. The highest BCUT2D eigenvalue weighted by molar-refractivity contribution is 6.30. The molecule has 0 amide bonds. The van der Waals surface area contributed by atoms with E-state index in [1.54, 1.807) is 6.07 Å². The third-order valence-electron chi connectivity index (χ3n) is 1.93. The Morgan fingerprint density at radius 2 is 1.94 bits per heavy atom. The standard InChI is InChI=1S/C10H10ClF4N/c11-8-3-1-2-7(9(8)12)6-16-5-4-10(13,14)15/h1-3,16H,4-6H2. The number of benzene rings is 1. The summed E-state index contributed by atoms with van der Waals surface area (Å²) in [5.41, 5.74) is 0.259. The van der Waals surface area contributed by atoms with Crippen LogP contribution in [-0.2, 0) is 6.54 Å². The molecule has 0 atom stereocenters. The molecule has 0 aliphatic carbocycles. The molecule has 1 N–H and O–H groups in total. The molecule has 0 heterocycles. The third kappa shape index (κ3) is 4.37. The Balaban J connectivity index is 2.41. The van der Waals surface area contributed by atoms with Gasteiger partial charge in [-0.3, -0.25) is 0 Å². The van der Waals surface area contributed by atoms with E-state index in [-0.39, 0.29) is 23.7 Å². The van der Waals surface area contributed by atoms with E-state index in [4.69, 9.17) is 11.6 Å². The summed E-state index contributed by atoms with van der Waals surface area (Å²) in [6.45, 7) is -0.210. The number of alkyl halides is 3. The molecular weight excluding hydrogens is 246 g/mol. The summed E-state index contributed by atoms with van der Waals surface area (Å²) >= 11 is 5.52. The summed E-state index contributed by atoms with van der Waals surface area (Å²) < 4.78 is 48.6. The van der Waals surface area contributed by atoms with E-state index in [1.807, 2.05) is 0 Å². The lowest BCUT2D eigenvalue weighted by molar-refractivity contribution is -0.133. The minimum absolute atomic E-state index is 0.0302. The number of nitrogens with one attached hydrogen (secondary N) is 1. The van der Waals surface area contributed by atoms with Crippen LogP contribution in [0.3, 0.4) is 0 Å². The average molecular weight is 256 g/mol. The monoisotopic (exact) mass is 255 g/mol. The maximum absolute atomic E-state index is 13.3. The van der Waals surface area contributed by atoms with Crippen LogP contribution in [0.4, 0.5) is 17.6 Å². The first-order valence-electron chi connectivity index (χ1n) is 4.60. The first-order chi connectivity index (χ1) is 7.40. The highest BCUT2D eigenvalue weighted by Crippen LogP contribution is 2.19. The van der Waals surface area contributed by atoms with Crippen LogP contribution in [0.15, 0.2) is 18.2 Å². The Morgan fingerprint density at radius 3 is 2.56 bits per heavy atom. The first kappa shape index (κ1) is 13.3. The predicted molar refractivity (Wildman–Crippen MR) is 53.8 cm³/mol. The quantitative estimate of drug-likeness (QED) is 0.641. The van der Waals surface area contributed by atoms with Crippen molar-refractivity contribution in [1.82, 2.24) is 5.32 Å². The molecule has 0 unspecified atom stereocenters. The lowest BCUT2D eigenvalue weighted by Crippen LogP contribution is -2.21. The molecule has 0 radical (unpaired) electrons.